The number of benzene rings is 4. The van der Waals surface area contributed by atoms with E-state index in [-0.39, 0.29) is 29.7 Å². The van der Waals surface area contributed by atoms with E-state index in [2.05, 4.69) is 21.2 Å². The largest absolute Gasteiger partial charge is 0.494 e. The van der Waals surface area contributed by atoms with Crippen LogP contribution in [0.15, 0.2) is 112 Å². The molecule has 4 rings (SSSR count). The molecule has 0 spiro atoms. The number of hydrogen-bond acceptors (Lipinski definition) is 5. The zero-order chi connectivity index (χ0) is 34.0. The van der Waals surface area contributed by atoms with E-state index in [9.17, 15) is 18.0 Å². The lowest BCUT2D eigenvalue weighted by atomic mass is 10.0. The molecular formula is C37H42BrN3O5S. The van der Waals surface area contributed by atoms with Gasteiger partial charge in [0.15, 0.2) is 0 Å². The Morgan fingerprint density at radius 1 is 0.851 bits per heavy atom. The number of nitrogens with one attached hydrogen (secondary N) is 1. The monoisotopic (exact) mass is 719 g/mol. The van der Waals surface area contributed by atoms with E-state index in [1.165, 1.54) is 17.0 Å². The van der Waals surface area contributed by atoms with Gasteiger partial charge in [0.05, 0.1) is 17.2 Å². The minimum atomic E-state index is -4.19. The average molecular weight is 721 g/mol. The third-order valence-corrected chi connectivity index (χ3v) is 9.86. The molecule has 4 aromatic rings. The van der Waals surface area contributed by atoms with Gasteiger partial charge in [-0.25, -0.2) is 8.42 Å². The van der Waals surface area contributed by atoms with E-state index in [0.29, 0.717) is 24.6 Å². The number of rotatable bonds is 15. The first-order valence-electron chi connectivity index (χ1n) is 15.7. The summed E-state index contributed by atoms with van der Waals surface area (Å²) in [4.78, 5) is 30.0. The molecule has 248 valence electrons. The number of amides is 2. The maximum Gasteiger partial charge on any atom is 0.264 e. The molecule has 0 radical (unpaired) electrons. The Balaban J connectivity index is 1.79. The number of nitrogens with zero attached hydrogens (tertiary/aromatic N) is 2. The predicted octanol–water partition coefficient (Wildman–Crippen LogP) is 6.76. The summed E-state index contributed by atoms with van der Waals surface area (Å²) < 4.78 is 36.0. The number of carbonyl (C=O) groups is 2. The predicted molar refractivity (Wildman–Crippen MR) is 190 cm³/mol. The summed E-state index contributed by atoms with van der Waals surface area (Å²) in [6.07, 6.45) is 0.251. The molecule has 0 aliphatic heterocycles. The summed E-state index contributed by atoms with van der Waals surface area (Å²) in [5.41, 5.74) is 2.88. The van der Waals surface area contributed by atoms with Crippen molar-refractivity contribution in [1.29, 1.82) is 0 Å². The van der Waals surface area contributed by atoms with Gasteiger partial charge in [-0.1, -0.05) is 89.9 Å². The van der Waals surface area contributed by atoms with Gasteiger partial charge in [-0.15, -0.1) is 0 Å². The zero-order valence-corrected chi connectivity index (χ0v) is 29.6. The van der Waals surface area contributed by atoms with E-state index < -0.39 is 28.5 Å². The van der Waals surface area contributed by atoms with Gasteiger partial charge < -0.3 is 15.0 Å². The van der Waals surface area contributed by atoms with Crippen molar-refractivity contribution in [1.82, 2.24) is 10.2 Å². The van der Waals surface area contributed by atoms with Crippen LogP contribution < -0.4 is 14.4 Å². The van der Waals surface area contributed by atoms with E-state index in [1.54, 1.807) is 36.4 Å². The first-order valence-corrected chi connectivity index (χ1v) is 17.9. The van der Waals surface area contributed by atoms with Crippen LogP contribution in [0.4, 0.5) is 5.69 Å². The van der Waals surface area contributed by atoms with Crippen molar-refractivity contribution in [3.63, 3.8) is 0 Å². The number of aryl methyl sites for hydroxylation is 1. The molecule has 0 fully saturated rings. The third kappa shape index (κ3) is 9.92. The highest BCUT2D eigenvalue weighted by Crippen LogP contribution is 2.27. The van der Waals surface area contributed by atoms with Crippen LogP contribution in [0.3, 0.4) is 0 Å². The van der Waals surface area contributed by atoms with Crippen molar-refractivity contribution in [3.05, 3.63) is 124 Å². The van der Waals surface area contributed by atoms with Crippen LogP contribution >= 0.6 is 15.9 Å². The van der Waals surface area contributed by atoms with Crippen LogP contribution in [-0.4, -0.2) is 50.9 Å². The lowest BCUT2D eigenvalue weighted by Crippen LogP contribution is -2.53. The second kappa shape index (κ2) is 16.6. The molecule has 47 heavy (non-hydrogen) atoms. The fourth-order valence-corrected chi connectivity index (χ4v) is 6.68. The number of sulfonamides is 1. The molecule has 0 aromatic heterocycles. The molecule has 0 saturated heterocycles. The molecule has 4 aromatic carbocycles. The number of carbonyl (C=O) groups excluding carboxylic acids is 2. The molecule has 1 atom stereocenters. The molecule has 1 N–H and O–H groups in total. The van der Waals surface area contributed by atoms with E-state index in [4.69, 9.17) is 4.74 Å². The Morgan fingerprint density at radius 3 is 2.09 bits per heavy atom. The summed E-state index contributed by atoms with van der Waals surface area (Å²) in [7, 11) is -4.19. The maximum absolute atomic E-state index is 14.6. The summed E-state index contributed by atoms with van der Waals surface area (Å²) >= 11 is 3.47. The molecule has 0 saturated carbocycles. The van der Waals surface area contributed by atoms with Gasteiger partial charge in [0.25, 0.3) is 10.0 Å². The van der Waals surface area contributed by atoms with Crippen molar-refractivity contribution in [2.24, 2.45) is 5.92 Å². The van der Waals surface area contributed by atoms with Gasteiger partial charge in [0, 0.05) is 24.0 Å². The van der Waals surface area contributed by atoms with Gasteiger partial charge in [0.2, 0.25) is 11.8 Å². The van der Waals surface area contributed by atoms with Crippen LogP contribution in [0, 0.1) is 12.8 Å². The highest BCUT2D eigenvalue weighted by Gasteiger charge is 2.34. The quantitative estimate of drug-likeness (QED) is 0.147. The molecule has 1 unspecified atom stereocenters. The summed E-state index contributed by atoms with van der Waals surface area (Å²) in [5.74, 6) is -0.0428. The van der Waals surface area contributed by atoms with Gasteiger partial charge in [0.1, 0.15) is 18.3 Å². The second-order valence-corrected chi connectivity index (χ2v) is 14.5. The molecule has 2 amide bonds. The Morgan fingerprint density at radius 2 is 1.49 bits per heavy atom. The number of anilines is 1. The molecule has 0 bridgehead atoms. The van der Waals surface area contributed by atoms with Gasteiger partial charge in [-0.2, -0.15) is 0 Å². The van der Waals surface area contributed by atoms with E-state index in [1.807, 2.05) is 82.3 Å². The Kier molecular flexibility index (Phi) is 12.6. The molecule has 8 nitrogen and oxygen atoms in total. The number of hydrogen-bond donors (Lipinski definition) is 1. The maximum atomic E-state index is 14.6. The summed E-state index contributed by atoms with van der Waals surface area (Å²) in [5, 5.41) is 3.01. The Bertz CT molecular complexity index is 1710. The summed E-state index contributed by atoms with van der Waals surface area (Å²) in [6.45, 7) is 8.21. The minimum Gasteiger partial charge on any atom is -0.494 e. The Labute approximate surface area is 286 Å². The highest BCUT2D eigenvalue weighted by atomic mass is 79.9. The van der Waals surface area contributed by atoms with E-state index >= 15 is 0 Å². The first-order chi connectivity index (χ1) is 22.5. The number of halogens is 1. The normalized spacial score (nSPS) is 12.0. The van der Waals surface area contributed by atoms with Gasteiger partial charge in [-0.05, 0) is 79.4 Å². The van der Waals surface area contributed by atoms with E-state index in [0.717, 1.165) is 25.5 Å². The molecule has 0 heterocycles. The van der Waals surface area contributed by atoms with Crippen molar-refractivity contribution < 1.29 is 22.7 Å². The van der Waals surface area contributed by atoms with Crippen LogP contribution in [0.1, 0.15) is 37.5 Å². The van der Waals surface area contributed by atoms with Crippen LogP contribution in [0.25, 0.3) is 0 Å². The number of ether oxygens (including phenoxy) is 1. The lowest BCUT2D eigenvalue weighted by molar-refractivity contribution is -0.140. The van der Waals surface area contributed by atoms with Crippen molar-refractivity contribution in [2.75, 3.05) is 24.0 Å². The molecule has 10 heteroatoms. The van der Waals surface area contributed by atoms with Crippen LogP contribution in [-0.2, 0) is 32.6 Å². The van der Waals surface area contributed by atoms with Crippen molar-refractivity contribution in [3.8, 4) is 5.75 Å². The topological polar surface area (TPSA) is 96.0 Å². The Hall–Kier alpha value is -4.15. The lowest BCUT2D eigenvalue weighted by Gasteiger charge is -2.34. The smallest absolute Gasteiger partial charge is 0.264 e. The standard InChI is InChI=1S/C37H42BrN3O5S/c1-5-46-33-19-17-32(18-20-33)41(47(44,45)34-21-11-28(4)12-22-34)26-36(42)40(25-30-13-15-31(38)16-14-30)35(37(43)39-24-27(2)3)23-29-9-7-6-8-10-29/h6-22,27,35H,5,23-26H2,1-4H3,(H,39,43). The van der Waals surface area contributed by atoms with Crippen molar-refractivity contribution in [2.45, 2.75) is 51.6 Å². The minimum absolute atomic E-state index is 0.0553. The molecular weight excluding hydrogens is 678 g/mol. The van der Waals surface area contributed by atoms with Crippen LogP contribution in [0.2, 0.25) is 0 Å². The fraction of sp³-hybridized carbons (Fsp3) is 0.297. The first kappa shape index (κ1) is 35.7. The van der Waals surface area contributed by atoms with Gasteiger partial charge in [-0.3, -0.25) is 13.9 Å². The highest BCUT2D eigenvalue weighted by molar-refractivity contribution is 9.10. The zero-order valence-electron chi connectivity index (χ0n) is 27.2. The third-order valence-electron chi connectivity index (χ3n) is 7.55. The average Bonchev–Trinajstić information content (AvgIpc) is 3.06. The SMILES string of the molecule is CCOc1ccc(N(CC(=O)N(Cc2ccc(Br)cc2)C(Cc2ccccc2)C(=O)NCC(C)C)S(=O)(=O)c2ccc(C)cc2)cc1. The summed E-state index contributed by atoms with van der Waals surface area (Å²) in [6, 6.07) is 29.2. The molecule has 0 aliphatic rings. The van der Waals surface area contributed by atoms with Crippen molar-refractivity contribution >= 4 is 43.5 Å². The van der Waals surface area contributed by atoms with Crippen LogP contribution in [0.5, 0.6) is 5.75 Å². The second-order valence-electron chi connectivity index (χ2n) is 11.7. The van der Waals surface area contributed by atoms with Gasteiger partial charge >= 0.3 is 0 Å². The molecule has 0 aliphatic carbocycles. The fourth-order valence-electron chi connectivity index (χ4n) is 5.00.